The third-order valence-electron chi connectivity index (χ3n) is 4.31. The Morgan fingerprint density at radius 3 is 1.94 bits per heavy atom. The molecule has 0 aromatic carbocycles. The van der Waals surface area contributed by atoms with E-state index in [1.807, 2.05) is 0 Å². The van der Waals surface area contributed by atoms with Gasteiger partial charge in [-0.1, -0.05) is 27.7 Å². The Kier molecular flexibility index (Phi) is 5.03. The van der Waals surface area contributed by atoms with E-state index in [0.717, 1.165) is 19.4 Å². The monoisotopic (exact) mass is 239 g/mol. The molecule has 0 N–H and O–H groups in total. The van der Waals surface area contributed by atoms with Crippen LogP contribution in [0.1, 0.15) is 54.4 Å². The number of nitrogens with zero attached hydrogens (tertiary/aromatic N) is 1. The van der Waals surface area contributed by atoms with Crippen LogP contribution in [0.5, 0.6) is 0 Å². The number of amides is 1. The lowest BCUT2D eigenvalue weighted by molar-refractivity contribution is -0.132. The molecule has 0 bridgehead atoms. The van der Waals surface area contributed by atoms with Crippen molar-refractivity contribution in [3.63, 3.8) is 0 Å². The maximum Gasteiger partial charge on any atom is 0.222 e. The first-order chi connectivity index (χ1) is 7.84. The van der Waals surface area contributed by atoms with E-state index in [4.69, 9.17) is 0 Å². The molecule has 2 nitrogen and oxygen atoms in total. The van der Waals surface area contributed by atoms with Gasteiger partial charge in [0.15, 0.2) is 0 Å². The average Bonchev–Trinajstić information content (AvgIpc) is 2.37. The van der Waals surface area contributed by atoms with Crippen molar-refractivity contribution < 1.29 is 4.79 Å². The molecule has 2 heteroatoms. The summed E-state index contributed by atoms with van der Waals surface area (Å²) in [6.45, 7) is 14.4. The van der Waals surface area contributed by atoms with Gasteiger partial charge in [-0.25, -0.2) is 0 Å². The summed E-state index contributed by atoms with van der Waals surface area (Å²) in [6, 6.07) is 0.342. The van der Waals surface area contributed by atoms with Crippen molar-refractivity contribution in [3.05, 3.63) is 0 Å². The smallest absolute Gasteiger partial charge is 0.222 e. The molecule has 0 spiro atoms. The predicted molar refractivity (Wildman–Crippen MR) is 72.7 cm³/mol. The van der Waals surface area contributed by atoms with Crippen LogP contribution in [0.2, 0.25) is 0 Å². The first-order valence-electron chi connectivity index (χ1n) is 7.14. The Morgan fingerprint density at radius 1 is 1.00 bits per heavy atom. The molecule has 1 rings (SSSR count). The minimum atomic E-state index is 0.342. The molecule has 0 radical (unpaired) electrons. The van der Waals surface area contributed by atoms with Crippen molar-refractivity contribution in [1.82, 2.24) is 4.90 Å². The normalized spacial score (nSPS) is 27.1. The molecule has 17 heavy (non-hydrogen) atoms. The fourth-order valence-electron chi connectivity index (χ4n) is 3.14. The van der Waals surface area contributed by atoms with Gasteiger partial charge in [-0.2, -0.15) is 0 Å². The molecule has 100 valence electrons. The highest BCUT2D eigenvalue weighted by molar-refractivity contribution is 5.76. The van der Waals surface area contributed by atoms with E-state index >= 15 is 0 Å². The second-order valence-corrected chi connectivity index (χ2v) is 6.49. The quantitative estimate of drug-likeness (QED) is 0.737. The van der Waals surface area contributed by atoms with Gasteiger partial charge < -0.3 is 4.90 Å². The maximum atomic E-state index is 12.1. The van der Waals surface area contributed by atoms with E-state index in [-0.39, 0.29) is 0 Å². The number of hydrogen-bond donors (Lipinski definition) is 0. The average molecular weight is 239 g/mol. The summed E-state index contributed by atoms with van der Waals surface area (Å²) in [7, 11) is 0. The number of likely N-dealkylation sites (tertiary alicyclic amines) is 1. The van der Waals surface area contributed by atoms with Crippen molar-refractivity contribution in [3.8, 4) is 0 Å². The summed E-state index contributed by atoms with van der Waals surface area (Å²) in [5, 5.41) is 0. The zero-order valence-electron chi connectivity index (χ0n) is 12.4. The van der Waals surface area contributed by atoms with Gasteiger partial charge in [0.25, 0.3) is 0 Å². The molecule has 1 saturated heterocycles. The first-order valence-corrected chi connectivity index (χ1v) is 7.14. The Balaban J connectivity index is 2.90. The van der Waals surface area contributed by atoms with Gasteiger partial charge in [-0.15, -0.1) is 0 Å². The number of carbonyl (C=O) groups is 1. The van der Waals surface area contributed by atoms with Crippen molar-refractivity contribution in [2.24, 2.45) is 23.7 Å². The topological polar surface area (TPSA) is 20.3 Å². The maximum absolute atomic E-state index is 12.1. The lowest BCUT2D eigenvalue weighted by Crippen LogP contribution is -2.41. The van der Waals surface area contributed by atoms with Gasteiger partial charge in [0.1, 0.15) is 0 Å². The number of rotatable bonds is 3. The molecular formula is C15H29NO. The Morgan fingerprint density at radius 2 is 1.53 bits per heavy atom. The standard InChI is InChI=1S/C15H29NO/c1-10(2)13-7-8-15(17)16(12(5)6)9-14(13)11(3)4/h10-14H,7-9H2,1-6H3. The van der Waals surface area contributed by atoms with Crippen LogP contribution in [0.15, 0.2) is 0 Å². The van der Waals surface area contributed by atoms with Crippen LogP contribution in [-0.2, 0) is 4.79 Å². The van der Waals surface area contributed by atoms with Gasteiger partial charge in [0.2, 0.25) is 5.91 Å². The first kappa shape index (κ1) is 14.5. The van der Waals surface area contributed by atoms with Crippen molar-refractivity contribution >= 4 is 5.91 Å². The van der Waals surface area contributed by atoms with Gasteiger partial charge in [0, 0.05) is 19.0 Å². The molecular weight excluding hydrogens is 210 g/mol. The largest absolute Gasteiger partial charge is 0.340 e. The molecule has 0 saturated carbocycles. The summed E-state index contributed by atoms with van der Waals surface area (Å²) in [6.07, 6.45) is 1.81. The minimum Gasteiger partial charge on any atom is -0.340 e. The van der Waals surface area contributed by atoms with E-state index in [2.05, 4.69) is 46.4 Å². The van der Waals surface area contributed by atoms with Gasteiger partial charge in [0.05, 0.1) is 0 Å². The van der Waals surface area contributed by atoms with Gasteiger partial charge in [-0.3, -0.25) is 4.79 Å². The molecule has 1 fully saturated rings. The Bertz CT molecular complexity index is 258. The molecule has 0 aromatic heterocycles. The van der Waals surface area contributed by atoms with Gasteiger partial charge >= 0.3 is 0 Å². The lowest BCUT2D eigenvalue weighted by Gasteiger charge is -2.35. The third kappa shape index (κ3) is 3.46. The molecule has 1 heterocycles. The number of hydrogen-bond acceptors (Lipinski definition) is 1. The van der Waals surface area contributed by atoms with Crippen molar-refractivity contribution in [2.75, 3.05) is 6.54 Å². The minimum absolute atomic E-state index is 0.342. The number of carbonyl (C=O) groups excluding carboxylic acids is 1. The lowest BCUT2D eigenvalue weighted by atomic mass is 9.75. The van der Waals surface area contributed by atoms with Crippen LogP contribution in [0.4, 0.5) is 0 Å². The van der Waals surface area contributed by atoms with Crippen LogP contribution in [0.3, 0.4) is 0 Å². The zero-order chi connectivity index (χ0) is 13.2. The van der Waals surface area contributed by atoms with Crippen molar-refractivity contribution in [2.45, 2.75) is 60.4 Å². The molecule has 2 atom stereocenters. The van der Waals surface area contributed by atoms with E-state index in [9.17, 15) is 4.79 Å². The fraction of sp³-hybridized carbons (Fsp3) is 0.933. The van der Waals surface area contributed by atoms with Crippen LogP contribution in [-0.4, -0.2) is 23.4 Å². The van der Waals surface area contributed by atoms with E-state index in [0.29, 0.717) is 35.6 Å². The highest BCUT2D eigenvalue weighted by atomic mass is 16.2. The summed E-state index contributed by atoms with van der Waals surface area (Å²) in [5.41, 5.74) is 0. The second kappa shape index (κ2) is 5.88. The molecule has 1 amide bonds. The summed E-state index contributed by atoms with van der Waals surface area (Å²) in [4.78, 5) is 14.2. The van der Waals surface area contributed by atoms with Gasteiger partial charge in [-0.05, 0) is 43.9 Å². The van der Waals surface area contributed by atoms with E-state index in [1.54, 1.807) is 0 Å². The van der Waals surface area contributed by atoms with Crippen LogP contribution >= 0.6 is 0 Å². The Hall–Kier alpha value is -0.530. The van der Waals surface area contributed by atoms with Crippen LogP contribution < -0.4 is 0 Å². The molecule has 1 aliphatic rings. The predicted octanol–water partition coefficient (Wildman–Crippen LogP) is 3.56. The van der Waals surface area contributed by atoms with Crippen LogP contribution in [0, 0.1) is 23.7 Å². The molecule has 0 aromatic rings. The third-order valence-corrected chi connectivity index (χ3v) is 4.31. The van der Waals surface area contributed by atoms with E-state index < -0.39 is 0 Å². The SMILES string of the molecule is CC(C)C1CCC(=O)N(C(C)C)CC1C(C)C. The highest BCUT2D eigenvalue weighted by Gasteiger charge is 2.34. The highest BCUT2D eigenvalue weighted by Crippen LogP contribution is 2.35. The molecule has 0 aliphatic carbocycles. The summed E-state index contributed by atoms with van der Waals surface area (Å²) < 4.78 is 0. The van der Waals surface area contributed by atoms with E-state index in [1.165, 1.54) is 0 Å². The summed E-state index contributed by atoms with van der Waals surface area (Å²) >= 11 is 0. The van der Waals surface area contributed by atoms with Crippen molar-refractivity contribution in [1.29, 1.82) is 0 Å². The molecule has 1 aliphatic heterocycles. The zero-order valence-corrected chi connectivity index (χ0v) is 12.4. The fourth-order valence-corrected chi connectivity index (χ4v) is 3.14. The van der Waals surface area contributed by atoms with Crippen LogP contribution in [0.25, 0.3) is 0 Å². The Labute approximate surface area is 107 Å². The second-order valence-electron chi connectivity index (χ2n) is 6.49. The summed E-state index contributed by atoms with van der Waals surface area (Å²) in [5.74, 6) is 3.05. The molecule has 2 unspecified atom stereocenters.